The van der Waals surface area contributed by atoms with Crippen molar-refractivity contribution in [1.29, 1.82) is 0 Å². The number of nitrogens with zero attached hydrogens (tertiary/aromatic N) is 1. The van der Waals surface area contributed by atoms with Gasteiger partial charge in [0, 0.05) is 16.3 Å². The van der Waals surface area contributed by atoms with Crippen LogP contribution in [0.3, 0.4) is 0 Å². The van der Waals surface area contributed by atoms with Crippen LogP contribution in [-0.2, 0) is 28.9 Å². The third kappa shape index (κ3) is 3.64. The molecule has 0 saturated carbocycles. The number of rotatable bonds is 4. The molecule has 1 N–H and O–H groups in total. The number of ether oxygens (including phenoxy) is 1. The first-order chi connectivity index (χ1) is 13.5. The number of hydrogen-bond acceptors (Lipinski definition) is 4. The van der Waals surface area contributed by atoms with E-state index in [-0.39, 0.29) is 18.4 Å². The van der Waals surface area contributed by atoms with Crippen LogP contribution in [0.1, 0.15) is 34.1 Å². The summed E-state index contributed by atoms with van der Waals surface area (Å²) in [6.45, 7) is 2.40. The fraction of sp³-hybridized carbons (Fsp3) is 0.318. The maximum atomic E-state index is 12.7. The van der Waals surface area contributed by atoms with Gasteiger partial charge in [-0.2, -0.15) is 4.57 Å². The number of thiophene rings is 1. The summed E-state index contributed by atoms with van der Waals surface area (Å²) in [5.41, 5.74) is 1.58. The fourth-order valence-corrected chi connectivity index (χ4v) is 5.18. The summed E-state index contributed by atoms with van der Waals surface area (Å²) in [5, 5.41) is 5.77. The van der Waals surface area contributed by atoms with Crippen LogP contribution in [0, 0.1) is 5.92 Å². The molecule has 0 saturated heterocycles. The van der Waals surface area contributed by atoms with E-state index < -0.39 is 0 Å². The second kappa shape index (κ2) is 7.72. The Morgan fingerprint density at radius 3 is 2.82 bits per heavy atom. The second-order valence-electron chi connectivity index (χ2n) is 7.34. The van der Waals surface area contributed by atoms with Gasteiger partial charge in [-0.3, -0.25) is 4.79 Å². The number of pyridine rings is 1. The minimum absolute atomic E-state index is 0.155. The smallest absolute Gasteiger partial charge is 0.341 e. The summed E-state index contributed by atoms with van der Waals surface area (Å²) in [5.74, 6) is 0.0612. The SMILES string of the molecule is COC(=O)c1c(NC(=O)C[n+]2ccc3ccccc3c2)sc2c1CC[C@H](C)C2. The topological polar surface area (TPSA) is 59.3 Å². The summed E-state index contributed by atoms with van der Waals surface area (Å²) in [6, 6.07) is 10.0. The molecule has 1 aliphatic carbocycles. The van der Waals surface area contributed by atoms with Crippen molar-refractivity contribution in [2.75, 3.05) is 12.4 Å². The summed E-state index contributed by atoms with van der Waals surface area (Å²) >= 11 is 1.51. The van der Waals surface area contributed by atoms with E-state index in [2.05, 4.69) is 12.2 Å². The summed E-state index contributed by atoms with van der Waals surface area (Å²) in [7, 11) is 1.38. The maximum Gasteiger partial charge on any atom is 0.341 e. The molecule has 6 heteroatoms. The summed E-state index contributed by atoms with van der Waals surface area (Å²) in [4.78, 5) is 26.2. The molecule has 1 aromatic carbocycles. The van der Waals surface area contributed by atoms with Gasteiger partial charge in [0.2, 0.25) is 6.54 Å². The van der Waals surface area contributed by atoms with Gasteiger partial charge in [0.05, 0.1) is 12.7 Å². The van der Waals surface area contributed by atoms with Crippen molar-refractivity contribution < 1.29 is 18.9 Å². The quantitative estimate of drug-likeness (QED) is 0.541. The number of benzene rings is 1. The molecule has 1 atom stereocenters. The number of esters is 1. The minimum Gasteiger partial charge on any atom is -0.465 e. The zero-order chi connectivity index (χ0) is 19.7. The number of carbonyl (C=O) groups is 2. The molecule has 0 spiro atoms. The number of amides is 1. The molecule has 1 amide bonds. The molecule has 2 heterocycles. The molecule has 0 unspecified atom stereocenters. The van der Waals surface area contributed by atoms with E-state index in [1.54, 1.807) is 0 Å². The van der Waals surface area contributed by atoms with Gasteiger partial charge in [-0.05, 0) is 42.2 Å². The molecule has 144 valence electrons. The molecule has 1 aliphatic rings. The highest BCUT2D eigenvalue weighted by atomic mass is 32.1. The summed E-state index contributed by atoms with van der Waals surface area (Å²) in [6.07, 6.45) is 6.70. The Morgan fingerprint density at radius 1 is 1.25 bits per heavy atom. The van der Waals surface area contributed by atoms with Gasteiger partial charge in [-0.15, -0.1) is 11.3 Å². The van der Waals surface area contributed by atoms with E-state index in [0.717, 1.165) is 35.6 Å². The average molecular weight is 396 g/mol. The molecular formula is C22H23N2O3S+. The lowest BCUT2D eigenvalue weighted by molar-refractivity contribution is -0.682. The Balaban J connectivity index is 1.57. The average Bonchev–Trinajstić information content (AvgIpc) is 3.03. The summed E-state index contributed by atoms with van der Waals surface area (Å²) < 4.78 is 6.84. The van der Waals surface area contributed by atoms with Gasteiger partial charge in [0.15, 0.2) is 12.4 Å². The van der Waals surface area contributed by atoms with Crippen molar-refractivity contribution in [1.82, 2.24) is 0 Å². The Kier molecular flexibility index (Phi) is 5.13. The van der Waals surface area contributed by atoms with E-state index in [0.29, 0.717) is 16.5 Å². The van der Waals surface area contributed by atoms with Crippen molar-refractivity contribution >= 4 is 39.0 Å². The minimum atomic E-state index is -0.374. The van der Waals surface area contributed by atoms with Gasteiger partial charge in [0.25, 0.3) is 5.91 Å². The highest BCUT2D eigenvalue weighted by molar-refractivity contribution is 7.17. The number of hydrogen-bond donors (Lipinski definition) is 1. The van der Waals surface area contributed by atoms with Crippen molar-refractivity contribution in [3.8, 4) is 0 Å². The van der Waals surface area contributed by atoms with Crippen LogP contribution < -0.4 is 9.88 Å². The Labute approximate surface area is 168 Å². The number of anilines is 1. The van der Waals surface area contributed by atoms with Crippen molar-refractivity contribution in [3.05, 3.63) is 58.7 Å². The Hall–Kier alpha value is -2.73. The first-order valence-corrected chi connectivity index (χ1v) is 10.3. The maximum absolute atomic E-state index is 12.7. The molecule has 2 aromatic heterocycles. The number of nitrogens with one attached hydrogen (secondary N) is 1. The van der Waals surface area contributed by atoms with E-state index in [1.807, 2.05) is 47.3 Å². The van der Waals surface area contributed by atoms with E-state index in [9.17, 15) is 9.59 Å². The lowest BCUT2D eigenvalue weighted by atomic mass is 9.88. The predicted octanol–water partition coefficient (Wildman–Crippen LogP) is 3.74. The highest BCUT2D eigenvalue weighted by Gasteiger charge is 2.29. The number of aromatic nitrogens is 1. The van der Waals surface area contributed by atoms with Crippen molar-refractivity contribution in [2.45, 2.75) is 32.7 Å². The van der Waals surface area contributed by atoms with E-state index in [1.165, 1.54) is 23.3 Å². The molecule has 28 heavy (non-hydrogen) atoms. The molecule has 4 rings (SSSR count). The van der Waals surface area contributed by atoms with Crippen LogP contribution in [0.25, 0.3) is 10.8 Å². The zero-order valence-corrected chi connectivity index (χ0v) is 16.8. The lowest BCUT2D eigenvalue weighted by Crippen LogP contribution is -2.39. The van der Waals surface area contributed by atoms with Crippen LogP contribution in [-0.4, -0.2) is 19.0 Å². The van der Waals surface area contributed by atoms with Crippen LogP contribution in [0.15, 0.2) is 42.7 Å². The molecular weight excluding hydrogens is 372 g/mol. The van der Waals surface area contributed by atoms with Crippen LogP contribution >= 0.6 is 11.3 Å². The van der Waals surface area contributed by atoms with Gasteiger partial charge >= 0.3 is 5.97 Å². The van der Waals surface area contributed by atoms with Crippen molar-refractivity contribution in [3.63, 3.8) is 0 Å². The zero-order valence-electron chi connectivity index (χ0n) is 16.0. The third-order valence-corrected chi connectivity index (χ3v) is 6.40. The molecule has 0 aliphatic heterocycles. The number of fused-ring (bicyclic) bond motifs is 2. The lowest BCUT2D eigenvalue weighted by Gasteiger charge is -2.18. The highest BCUT2D eigenvalue weighted by Crippen LogP contribution is 2.40. The van der Waals surface area contributed by atoms with Gasteiger partial charge in [-0.25, -0.2) is 4.79 Å². The molecule has 3 aromatic rings. The van der Waals surface area contributed by atoms with Crippen LogP contribution in [0.2, 0.25) is 0 Å². The molecule has 5 nitrogen and oxygen atoms in total. The Morgan fingerprint density at radius 2 is 2.04 bits per heavy atom. The molecule has 0 radical (unpaired) electrons. The van der Waals surface area contributed by atoms with E-state index >= 15 is 0 Å². The van der Waals surface area contributed by atoms with Crippen LogP contribution in [0.5, 0.6) is 0 Å². The fourth-order valence-electron chi connectivity index (χ4n) is 3.77. The monoisotopic (exact) mass is 395 g/mol. The number of carbonyl (C=O) groups excluding carboxylic acids is 2. The Bertz CT molecular complexity index is 1060. The largest absolute Gasteiger partial charge is 0.465 e. The molecule has 0 fully saturated rings. The van der Waals surface area contributed by atoms with Crippen LogP contribution in [0.4, 0.5) is 5.00 Å². The number of methoxy groups -OCH3 is 1. The first kappa shape index (κ1) is 18.6. The standard InChI is InChI=1S/C22H22N2O3S/c1-14-7-8-17-18(11-14)28-21(20(17)22(26)27-2)23-19(25)13-24-10-9-15-5-3-4-6-16(15)12-24/h3-6,9-10,12,14H,7-8,11,13H2,1-2H3/p+1/t14-/m0/s1. The normalized spacial score (nSPS) is 15.9. The van der Waals surface area contributed by atoms with Gasteiger partial charge in [-0.1, -0.05) is 25.1 Å². The predicted molar refractivity (Wildman–Crippen MR) is 110 cm³/mol. The van der Waals surface area contributed by atoms with Gasteiger partial charge in [0.1, 0.15) is 5.00 Å². The molecule has 0 bridgehead atoms. The second-order valence-corrected chi connectivity index (χ2v) is 8.45. The van der Waals surface area contributed by atoms with Gasteiger partial charge < -0.3 is 10.1 Å². The first-order valence-electron chi connectivity index (χ1n) is 9.45. The third-order valence-electron chi connectivity index (χ3n) is 5.23. The van der Waals surface area contributed by atoms with E-state index in [4.69, 9.17) is 4.74 Å². The van der Waals surface area contributed by atoms with Crippen molar-refractivity contribution in [2.24, 2.45) is 5.92 Å².